The predicted molar refractivity (Wildman–Crippen MR) is 113 cm³/mol. The maximum absolute atomic E-state index is 12.7. The van der Waals surface area contributed by atoms with Gasteiger partial charge in [-0.15, -0.1) is 15.7 Å². The average molecular weight is 421 g/mol. The van der Waals surface area contributed by atoms with Gasteiger partial charge in [0.15, 0.2) is 0 Å². The summed E-state index contributed by atoms with van der Waals surface area (Å²) in [6, 6.07) is -0.398. The summed E-state index contributed by atoms with van der Waals surface area (Å²) < 4.78 is 4.15. The van der Waals surface area contributed by atoms with Crippen molar-refractivity contribution in [2.45, 2.75) is 69.9 Å². The lowest BCUT2D eigenvalue weighted by Crippen LogP contribution is -2.29. The second-order valence-corrected chi connectivity index (χ2v) is 10.5. The van der Waals surface area contributed by atoms with E-state index in [1.165, 1.54) is 47.3 Å². The van der Waals surface area contributed by atoms with Crippen molar-refractivity contribution >= 4 is 28.2 Å². The molecular formula is C20H28N4O2S2. The first kappa shape index (κ1) is 19.9. The Bertz CT molecular complexity index is 908. The molecule has 2 amide bonds. The number of thiazole rings is 1. The van der Waals surface area contributed by atoms with Gasteiger partial charge in [0.25, 0.3) is 0 Å². The topological polar surface area (TPSA) is 101 Å². The Kier molecular flexibility index (Phi) is 5.33. The van der Waals surface area contributed by atoms with Gasteiger partial charge < -0.3 is 10.4 Å². The van der Waals surface area contributed by atoms with Crippen LogP contribution in [0.4, 0.5) is 4.79 Å². The largest absolute Gasteiger partial charge is 0.383 e. The minimum atomic E-state index is -1.14. The Labute approximate surface area is 172 Å². The number of carbonyl (C=O) groups excluding carboxylic acids is 1. The van der Waals surface area contributed by atoms with Crippen molar-refractivity contribution in [2.24, 2.45) is 21.3 Å². The molecule has 3 unspecified atom stereocenters. The summed E-state index contributed by atoms with van der Waals surface area (Å²) in [6.45, 7) is 5.70. The summed E-state index contributed by atoms with van der Waals surface area (Å²) in [4.78, 5) is 17.0. The van der Waals surface area contributed by atoms with E-state index in [-0.39, 0.29) is 0 Å². The predicted octanol–water partition coefficient (Wildman–Crippen LogP) is 4.30. The highest BCUT2D eigenvalue weighted by atomic mass is 32.2. The zero-order valence-corrected chi connectivity index (χ0v) is 18.3. The van der Waals surface area contributed by atoms with E-state index in [1.54, 1.807) is 19.2 Å². The van der Waals surface area contributed by atoms with Crippen LogP contribution in [-0.4, -0.2) is 16.1 Å². The molecule has 1 heterocycles. The maximum Gasteiger partial charge on any atom is 0.352 e. The number of allylic oxidation sites excluding steroid dienone is 3. The number of hydrogen-bond acceptors (Lipinski definition) is 4. The lowest BCUT2D eigenvalue weighted by atomic mass is 9.76. The number of hydrogen-bond donors (Lipinski definition) is 3. The standard InChI is InChI=1S/C20H28N4O2S2/c1-11-12-6-4-8-14(12)17(15-9-5-7-13(11)15)23-19(25)24-28(21)16-10-27-18(22-16)20(2,3)26/h10-12,26H,4-9H2,1-3H3,(H3,21,23,24,25). The van der Waals surface area contributed by atoms with E-state index in [2.05, 4.69) is 21.6 Å². The fourth-order valence-electron chi connectivity index (χ4n) is 4.78. The number of carbonyl (C=O) groups is 1. The molecule has 28 heavy (non-hydrogen) atoms. The summed E-state index contributed by atoms with van der Waals surface area (Å²) in [5, 5.41) is 22.2. The van der Waals surface area contributed by atoms with Crippen molar-refractivity contribution in [1.29, 1.82) is 0 Å². The SMILES string of the molecule is CC1C2=C(CCC2)C(NC(=O)N=S(N)c2csc(C(C)(C)O)n2)=C2CCCC21. The highest BCUT2D eigenvalue weighted by Crippen LogP contribution is 2.51. The van der Waals surface area contributed by atoms with Crippen LogP contribution in [0.2, 0.25) is 0 Å². The molecule has 1 aromatic rings. The van der Waals surface area contributed by atoms with Crippen LogP contribution in [0.3, 0.4) is 0 Å². The van der Waals surface area contributed by atoms with Gasteiger partial charge in [0.05, 0.1) is 0 Å². The summed E-state index contributed by atoms with van der Waals surface area (Å²) in [5.41, 5.74) is 4.30. The van der Waals surface area contributed by atoms with E-state index in [1.807, 2.05) is 0 Å². The fraction of sp³-hybridized carbons (Fsp3) is 0.600. The Hall–Kier alpha value is -1.35. The Morgan fingerprint density at radius 3 is 2.82 bits per heavy atom. The highest BCUT2D eigenvalue weighted by molar-refractivity contribution is 7.85. The maximum atomic E-state index is 12.7. The number of urea groups is 1. The first-order valence-electron chi connectivity index (χ1n) is 9.91. The number of nitrogens with two attached hydrogens (primary N) is 1. The van der Waals surface area contributed by atoms with Gasteiger partial charge in [-0.05, 0) is 75.4 Å². The molecule has 3 aliphatic carbocycles. The molecule has 0 aliphatic heterocycles. The molecule has 3 atom stereocenters. The normalized spacial score (nSPS) is 25.9. The molecule has 0 aromatic carbocycles. The van der Waals surface area contributed by atoms with E-state index in [9.17, 15) is 9.90 Å². The second-order valence-electron chi connectivity index (χ2n) is 8.43. The molecule has 1 fully saturated rings. The van der Waals surface area contributed by atoms with Crippen LogP contribution < -0.4 is 10.5 Å². The van der Waals surface area contributed by atoms with Crippen LogP contribution >= 0.6 is 11.3 Å². The molecule has 8 heteroatoms. The van der Waals surface area contributed by atoms with Crippen molar-refractivity contribution in [2.75, 3.05) is 0 Å². The van der Waals surface area contributed by atoms with Gasteiger partial charge in [-0.3, -0.25) is 5.14 Å². The molecule has 4 rings (SSSR count). The van der Waals surface area contributed by atoms with Gasteiger partial charge in [-0.2, -0.15) is 0 Å². The Balaban J connectivity index is 1.57. The lowest BCUT2D eigenvalue weighted by molar-refractivity contribution is 0.0778. The monoisotopic (exact) mass is 420 g/mol. The minimum absolute atomic E-state index is 0.398. The van der Waals surface area contributed by atoms with Crippen LogP contribution in [0, 0.1) is 11.8 Å². The molecule has 0 spiro atoms. The number of nitrogens with zero attached hydrogens (tertiary/aromatic N) is 2. The summed E-state index contributed by atoms with van der Waals surface area (Å²) in [7, 11) is -1.14. The third kappa shape index (κ3) is 3.63. The van der Waals surface area contributed by atoms with Crippen molar-refractivity contribution in [1.82, 2.24) is 10.3 Å². The number of nitrogens with one attached hydrogen (secondary N) is 1. The molecule has 0 radical (unpaired) electrons. The van der Waals surface area contributed by atoms with E-state index in [0.717, 1.165) is 25.0 Å². The van der Waals surface area contributed by atoms with Gasteiger partial charge in [0.2, 0.25) is 0 Å². The number of rotatable bonds is 3. The quantitative estimate of drug-likeness (QED) is 0.678. The van der Waals surface area contributed by atoms with Crippen LogP contribution in [0.5, 0.6) is 0 Å². The van der Waals surface area contributed by atoms with Gasteiger partial charge in [0.1, 0.15) is 15.6 Å². The van der Waals surface area contributed by atoms with Gasteiger partial charge in [-0.1, -0.05) is 12.5 Å². The molecular weight excluding hydrogens is 392 g/mol. The van der Waals surface area contributed by atoms with E-state index >= 15 is 0 Å². The van der Waals surface area contributed by atoms with Crippen LogP contribution in [0.25, 0.3) is 0 Å². The first-order chi connectivity index (χ1) is 13.3. The molecule has 0 saturated heterocycles. The molecule has 3 aliphatic rings. The van der Waals surface area contributed by atoms with Crippen molar-refractivity contribution in [3.63, 3.8) is 0 Å². The number of amides is 2. The third-order valence-corrected chi connectivity index (χ3v) is 8.38. The molecule has 0 bridgehead atoms. The highest BCUT2D eigenvalue weighted by Gasteiger charge is 2.39. The Morgan fingerprint density at radius 2 is 2.11 bits per heavy atom. The minimum Gasteiger partial charge on any atom is -0.383 e. The first-order valence-corrected chi connectivity index (χ1v) is 12.0. The number of aliphatic hydroxyl groups is 1. The number of aromatic nitrogens is 1. The summed E-state index contributed by atoms with van der Waals surface area (Å²) >= 11 is 1.33. The smallest absolute Gasteiger partial charge is 0.352 e. The summed E-state index contributed by atoms with van der Waals surface area (Å²) in [6.07, 6.45) is 6.84. The second kappa shape index (κ2) is 7.48. The zero-order chi connectivity index (χ0) is 20.1. The van der Waals surface area contributed by atoms with Gasteiger partial charge in [-0.25, -0.2) is 9.78 Å². The fourth-order valence-corrected chi connectivity index (χ4v) is 6.59. The van der Waals surface area contributed by atoms with Crippen molar-refractivity contribution in [3.8, 4) is 0 Å². The van der Waals surface area contributed by atoms with E-state index in [4.69, 9.17) is 5.14 Å². The van der Waals surface area contributed by atoms with Crippen LogP contribution in [-0.2, 0) is 16.5 Å². The molecule has 4 N–H and O–H groups in total. The van der Waals surface area contributed by atoms with Crippen LogP contribution in [0.1, 0.15) is 64.3 Å². The molecule has 6 nitrogen and oxygen atoms in total. The van der Waals surface area contributed by atoms with E-state index in [0.29, 0.717) is 21.9 Å². The third-order valence-electron chi connectivity index (χ3n) is 6.08. The lowest BCUT2D eigenvalue weighted by Gasteiger charge is -2.31. The van der Waals surface area contributed by atoms with E-state index < -0.39 is 22.5 Å². The van der Waals surface area contributed by atoms with Gasteiger partial charge >= 0.3 is 6.03 Å². The average Bonchev–Trinajstić information content (AvgIpc) is 3.38. The van der Waals surface area contributed by atoms with Crippen LogP contribution in [0.15, 0.2) is 37.2 Å². The van der Waals surface area contributed by atoms with Crippen molar-refractivity contribution in [3.05, 3.63) is 32.8 Å². The number of fused-ring (bicyclic) bond motifs is 1. The van der Waals surface area contributed by atoms with Gasteiger partial charge in [0, 0.05) is 22.0 Å². The Morgan fingerprint density at radius 1 is 1.36 bits per heavy atom. The molecule has 1 saturated carbocycles. The summed E-state index contributed by atoms with van der Waals surface area (Å²) in [5.74, 6) is 1.17. The zero-order valence-electron chi connectivity index (χ0n) is 16.6. The molecule has 152 valence electrons. The molecule has 1 aromatic heterocycles. The van der Waals surface area contributed by atoms with Crippen molar-refractivity contribution < 1.29 is 9.90 Å².